The smallest absolute Gasteiger partial charge is 0.255 e. The Hall–Kier alpha value is -0.930. The molecule has 2 rings (SSSR count). The number of hydrogen-bond acceptors (Lipinski definition) is 4. The first kappa shape index (κ1) is 21.4. The fraction of sp³-hybridized carbons (Fsp3) is 0.353. The maximum absolute atomic E-state index is 12.8. The van der Waals surface area contributed by atoms with Gasteiger partial charge in [0.1, 0.15) is 0 Å². The molecule has 0 atom stereocenters. The molecule has 26 heavy (non-hydrogen) atoms. The van der Waals surface area contributed by atoms with Gasteiger partial charge in [0, 0.05) is 25.0 Å². The van der Waals surface area contributed by atoms with Gasteiger partial charge in [0.05, 0.1) is 25.8 Å². The van der Waals surface area contributed by atoms with Crippen LogP contribution in [0.4, 0.5) is 0 Å². The van der Waals surface area contributed by atoms with Crippen molar-refractivity contribution in [1.29, 1.82) is 0 Å². The summed E-state index contributed by atoms with van der Waals surface area (Å²) in [6.07, 6.45) is 0. The Kier molecular flexibility index (Phi) is 7.27. The molecule has 0 fully saturated rings. The molecule has 1 amide bonds. The number of halogens is 2. The van der Waals surface area contributed by atoms with E-state index in [1.54, 1.807) is 20.9 Å². The van der Waals surface area contributed by atoms with Gasteiger partial charge >= 0.3 is 0 Å². The van der Waals surface area contributed by atoms with Crippen molar-refractivity contribution >= 4 is 54.8 Å². The Labute approximate surface area is 171 Å². The van der Waals surface area contributed by atoms with Crippen LogP contribution in [0.25, 0.3) is 0 Å². The molecule has 0 aliphatic carbocycles. The van der Waals surface area contributed by atoms with E-state index >= 15 is 0 Å². The Morgan fingerprint density at radius 2 is 1.85 bits per heavy atom. The van der Waals surface area contributed by atoms with Crippen LogP contribution in [0.1, 0.15) is 29.1 Å². The number of carbonyl (C=O) groups is 1. The fourth-order valence-corrected chi connectivity index (χ4v) is 5.71. The molecule has 0 unspecified atom stereocenters. The molecule has 0 saturated heterocycles. The van der Waals surface area contributed by atoms with Crippen molar-refractivity contribution in [1.82, 2.24) is 9.21 Å². The molecule has 9 heteroatoms. The second-order valence-corrected chi connectivity index (χ2v) is 10.5. The van der Waals surface area contributed by atoms with Gasteiger partial charge in [-0.25, -0.2) is 8.42 Å². The number of nitrogens with zero attached hydrogens (tertiary/aromatic N) is 2. The number of rotatable bonds is 7. The van der Waals surface area contributed by atoms with Crippen LogP contribution in [0.2, 0.25) is 5.02 Å². The van der Waals surface area contributed by atoms with Crippen LogP contribution >= 0.6 is 38.9 Å². The minimum absolute atomic E-state index is 0.0706. The van der Waals surface area contributed by atoms with E-state index < -0.39 is 10.0 Å². The summed E-state index contributed by atoms with van der Waals surface area (Å²) in [5, 5.41) is 0.229. The van der Waals surface area contributed by atoms with Gasteiger partial charge in [0.15, 0.2) is 0 Å². The molecule has 0 aliphatic rings. The summed E-state index contributed by atoms with van der Waals surface area (Å²) >= 11 is 11.1. The van der Waals surface area contributed by atoms with Crippen molar-refractivity contribution in [3.8, 4) is 0 Å². The predicted molar refractivity (Wildman–Crippen MR) is 109 cm³/mol. The average molecular weight is 480 g/mol. The second kappa shape index (κ2) is 8.84. The molecule has 1 aromatic carbocycles. The lowest BCUT2D eigenvalue weighted by Crippen LogP contribution is -2.31. The number of amides is 1. The molecule has 0 saturated carbocycles. The van der Waals surface area contributed by atoms with E-state index in [1.807, 2.05) is 12.1 Å². The van der Waals surface area contributed by atoms with Gasteiger partial charge in [-0.3, -0.25) is 4.79 Å². The average Bonchev–Trinajstić information content (AvgIpc) is 3.00. The van der Waals surface area contributed by atoms with E-state index in [-0.39, 0.29) is 21.4 Å². The van der Waals surface area contributed by atoms with Crippen molar-refractivity contribution in [2.75, 3.05) is 20.1 Å². The molecule has 5 nitrogen and oxygen atoms in total. The summed E-state index contributed by atoms with van der Waals surface area (Å²) in [6, 6.07) is 8.10. The zero-order chi connectivity index (χ0) is 19.5. The van der Waals surface area contributed by atoms with Crippen molar-refractivity contribution in [3.63, 3.8) is 0 Å². The summed E-state index contributed by atoms with van der Waals surface area (Å²) in [7, 11) is -1.99. The van der Waals surface area contributed by atoms with E-state index in [0.29, 0.717) is 19.6 Å². The summed E-state index contributed by atoms with van der Waals surface area (Å²) < 4.78 is 27.7. The van der Waals surface area contributed by atoms with Crippen LogP contribution in [-0.4, -0.2) is 43.7 Å². The first-order valence-electron chi connectivity index (χ1n) is 8.00. The molecule has 1 heterocycles. The van der Waals surface area contributed by atoms with Crippen LogP contribution in [0, 0.1) is 0 Å². The number of hydrogen-bond donors (Lipinski definition) is 0. The molecule has 142 valence electrons. The highest BCUT2D eigenvalue weighted by molar-refractivity contribution is 9.11. The van der Waals surface area contributed by atoms with E-state index in [1.165, 1.54) is 38.7 Å². The van der Waals surface area contributed by atoms with E-state index in [2.05, 4.69) is 15.9 Å². The summed E-state index contributed by atoms with van der Waals surface area (Å²) in [4.78, 5) is 15.4. The first-order chi connectivity index (χ1) is 12.2. The minimum Gasteiger partial charge on any atom is -0.337 e. The second-order valence-electron chi connectivity index (χ2n) is 5.60. The normalized spacial score (nSPS) is 11.8. The van der Waals surface area contributed by atoms with Gasteiger partial charge < -0.3 is 4.90 Å². The van der Waals surface area contributed by atoms with Gasteiger partial charge in [-0.15, -0.1) is 11.3 Å². The first-order valence-corrected chi connectivity index (χ1v) is 11.4. The van der Waals surface area contributed by atoms with Crippen molar-refractivity contribution in [2.24, 2.45) is 0 Å². The van der Waals surface area contributed by atoms with Crippen molar-refractivity contribution < 1.29 is 13.2 Å². The molecule has 0 bridgehead atoms. The highest BCUT2D eigenvalue weighted by atomic mass is 79.9. The fourth-order valence-electron chi connectivity index (χ4n) is 2.49. The largest absolute Gasteiger partial charge is 0.337 e. The molecule has 2 aromatic rings. The monoisotopic (exact) mass is 478 g/mol. The quantitative estimate of drug-likeness (QED) is 0.589. The van der Waals surface area contributed by atoms with Crippen LogP contribution in [0.15, 0.2) is 39.0 Å². The Morgan fingerprint density at radius 3 is 2.38 bits per heavy atom. The molecular weight excluding hydrogens is 460 g/mol. The third kappa shape index (κ3) is 4.67. The summed E-state index contributed by atoms with van der Waals surface area (Å²) in [6.45, 7) is 4.68. The van der Waals surface area contributed by atoms with Crippen LogP contribution in [-0.2, 0) is 16.6 Å². The minimum atomic E-state index is -3.66. The topological polar surface area (TPSA) is 57.7 Å². The molecule has 1 aromatic heterocycles. The van der Waals surface area contributed by atoms with Crippen LogP contribution < -0.4 is 0 Å². The predicted octanol–water partition coefficient (Wildman–Crippen LogP) is 4.47. The highest BCUT2D eigenvalue weighted by Crippen LogP contribution is 2.26. The Balaban J connectivity index is 2.32. The SMILES string of the molecule is CCN(CC)S(=O)(=O)c1ccc(Cl)c(C(=O)N(C)Cc2ccc(Br)s2)c1. The highest BCUT2D eigenvalue weighted by Gasteiger charge is 2.25. The Morgan fingerprint density at radius 1 is 1.19 bits per heavy atom. The molecular formula is C17H20BrClN2O3S2. The van der Waals surface area contributed by atoms with E-state index in [4.69, 9.17) is 11.6 Å². The number of sulfonamides is 1. The third-order valence-electron chi connectivity index (χ3n) is 3.88. The van der Waals surface area contributed by atoms with Gasteiger partial charge in [-0.2, -0.15) is 4.31 Å². The standard InChI is InChI=1S/C17H20BrClN2O3S2/c1-4-21(5-2)26(23,24)13-7-8-15(19)14(10-13)17(22)20(3)11-12-6-9-16(18)25-12/h6-10H,4-5,11H2,1-3H3. The Bertz CT molecular complexity index is 895. The molecule has 0 aliphatic heterocycles. The molecule has 0 N–H and O–H groups in total. The lowest BCUT2D eigenvalue weighted by molar-refractivity contribution is 0.0786. The number of thiophene rings is 1. The molecule has 0 spiro atoms. The van der Waals surface area contributed by atoms with E-state index in [0.717, 1.165) is 8.66 Å². The van der Waals surface area contributed by atoms with Crippen molar-refractivity contribution in [3.05, 3.63) is 49.6 Å². The van der Waals surface area contributed by atoms with Crippen LogP contribution in [0.5, 0.6) is 0 Å². The maximum atomic E-state index is 12.8. The van der Waals surface area contributed by atoms with Crippen LogP contribution in [0.3, 0.4) is 0 Å². The third-order valence-corrected chi connectivity index (χ3v) is 7.86. The van der Waals surface area contributed by atoms with Crippen molar-refractivity contribution in [2.45, 2.75) is 25.3 Å². The maximum Gasteiger partial charge on any atom is 0.255 e. The van der Waals surface area contributed by atoms with Gasteiger partial charge in [-0.05, 0) is 46.3 Å². The van der Waals surface area contributed by atoms with Gasteiger partial charge in [0.25, 0.3) is 5.91 Å². The lowest BCUT2D eigenvalue weighted by Gasteiger charge is -2.20. The lowest BCUT2D eigenvalue weighted by atomic mass is 10.2. The summed E-state index contributed by atoms with van der Waals surface area (Å²) in [5.41, 5.74) is 0.179. The van der Waals surface area contributed by atoms with Gasteiger partial charge in [-0.1, -0.05) is 25.4 Å². The zero-order valence-electron chi connectivity index (χ0n) is 14.7. The van der Waals surface area contributed by atoms with E-state index in [9.17, 15) is 13.2 Å². The number of carbonyl (C=O) groups excluding carboxylic acids is 1. The summed E-state index contributed by atoms with van der Waals surface area (Å²) in [5.74, 6) is -0.323. The van der Waals surface area contributed by atoms with Gasteiger partial charge in [0.2, 0.25) is 10.0 Å². The molecule has 0 radical (unpaired) electrons. The number of benzene rings is 1. The zero-order valence-corrected chi connectivity index (χ0v) is 18.7.